The normalized spacial score (nSPS) is 10.2. The molecule has 0 spiro atoms. The topological polar surface area (TPSA) is 119 Å². The predicted octanol–water partition coefficient (Wildman–Crippen LogP) is 2.72. The third-order valence-corrected chi connectivity index (χ3v) is 3.29. The summed E-state index contributed by atoms with van der Waals surface area (Å²) in [7, 11) is 1.44. The van der Waals surface area contributed by atoms with Gasteiger partial charge in [-0.3, -0.25) is 25.0 Å². The third-order valence-electron chi connectivity index (χ3n) is 3.29. The molecule has 130 valence electrons. The van der Waals surface area contributed by atoms with E-state index >= 15 is 0 Å². The van der Waals surface area contributed by atoms with E-state index in [4.69, 9.17) is 0 Å². The molecule has 0 fully saturated rings. The lowest BCUT2D eigenvalue weighted by Gasteiger charge is -2.18. The van der Waals surface area contributed by atoms with Gasteiger partial charge in [-0.25, -0.2) is 4.39 Å². The Labute approximate surface area is 141 Å². The Balaban J connectivity index is 2.15. The van der Waals surface area contributed by atoms with Crippen LogP contribution in [0, 0.1) is 26.0 Å². The molecule has 0 bridgehead atoms. The zero-order valence-electron chi connectivity index (χ0n) is 13.0. The molecule has 0 heterocycles. The molecule has 1 amide bonds. The first kappa shape index (κ1) is 17.8. The van der Waals surface area contributed by atoms with Gasteiger partial charge in [0.2, 0.25) is 5.91 Å². The van der Waals surface area contributed by atoms with Gasteiger partial charge < -0.3 is 10.2 Å². The van der Waals surface area contributed by atoms with Gasteiger partial charge in [-0.05, 0) is 30.3 Å². The van der Waals surface area contributed by atoms with Crippen molar-refractivity contribution in [2.24, 2.45) is 0 Å². The molecule has 10 heteroatoms. The van der Waals surface area contributed by atoms with Crippen LogP contribution in [-0.2, 0) is 4.79 Å². The number of hydrogen-bond acceptors (Lipinski definition) is 6. The van der Waals surface area contributed by atoms with Gasteiger partial charge in [-0.15, -0.1) is 0 Å². The first-order valence-electron chi connectivity index (χ1n) is 6.97. The van der Waals surface area contributed by atoms with E-state index in [9.17, 15) is 29.4 Å². The molecule has 2 rings (SSSR count). The number of benzene rings is 2. The quantitative estimate of drug-likeness (QED) is 0.633. The number of nitro groups is 2. The summed E-state index contributed by atoms with van der Waals surface area (Å²) in [5, 5.41) is 24.4. The Morgan fingerprint density at radius 1 is 1.12 bits per heavy atom. The Kier molecular flexibility index (Phi) is 5.22. The Morgan fingerprint density at radius 3 is 2.32 bits per heavy atom. The van der Waals surface area contributed by atoms with Gasteiger partial charge in [-0.2, -0.15) is 0 Å². The first-order chi connectivity index (χ1) is 11.8. The number of rotatable bonds is 6. The van der Waals surface area contributed by atoms with E-state index in [0.717, 1.165) is 12.1 Å². The van der Waals surface area contributed by atoms with Crippen molar-refractivity contribution in [3.8, 4) is 0 Å². The molecule has 9 nitrogen and oxygen atoms in total. The largest absolute Gasteiger partial charge is 0.360 e. The number of non-ortho nitro benzene ring substituents is 1. The van der Waals surface area contributed by atoms with Crippen LogP contribution in [0.4, 0.5) is 27.1 Å². The number of nitro benzene ring substituents is 2. The number of anilines is 2. The van der Waals surface area contributed by atoms with Crippen LogP contribution in [-0.4, -0.2) is 29.3 Å². The number of hydrogen-bond donors (Lipinski definition) is 1. The van der Waals surface area contributed by atoms with Crippen LogP contribution in [0.5, 0.6) is 0 Å². The molecule has 2 aromatic rings. The van der Waals surface area contributed by atoms with Crippen molar-refractivity contribution in [2.45, 2.75) is 0 Å². The lowest BCUT2D eigenvalue weighted by molar-refractivity contribution is -0.393. The molecular weight excluding hydrogens is 335 g/mol. The summed E-state index contributed by atoms with van der Waals surface area (Å²) < 4.78 is 12.8. The van der Waals surface area contributed by atoms with Crippen molar-refractivity contribution in [1.29, 1.82) is 0 Å². The van der Waals surface area contributed by atoms with Gasteiger partial charge in [0, 0.05) is 18.8 Å². The maximum atomic E-state index is 12.8. The van der Waals surface area contributed by atoms with Crippen molar-refractivity contribution >= 4 is 28.7 Å². The van der Waals surface area contributed by atoms with Crippen LogP contribution in [0.1, 0.15) is 0 Å². The van der Waals surface area contributed by atoms with Gasteiger partial charge in [0.15, 0.2) is 0 Å². The molecule has 0 radical (unpaired) electrons. The maximum Gasteiger partial charge on any atom is 0.299 e. The molecular formula is C15H13FN4O5. The molecule has 0 aliphatic heterocycles. The molecule has 0 saturated carbocycles. The summed E-state index contributed by atoms with van der Waals surface area (Å²) in [4.78, 5) is 33.7. The summed E-state index contributed by atoms with van der Waals surface area (Å²) in [5.74, 6) is -0.932. The van der Waals surface area contributed by atoms with Crippen molar-refractivity contribution in [2.75, 3.05) is 23.8 Å². The van der Waals surface area contributed by atoms with Crippen molar-refractivity contribution < 1.29 is 19.0 Å². The third kappa shape index (κ3) is 4.47. The average molecular weight is 348 g/mol. The molecule has 0 aliphatic rings. The highest BCUT2D eigenvalue weighted by Crippen LogP contribution is 2.31. The second-order valence-corrected chi connectivity index (χ2v) is 5.10. The van der Waals surface area contributed by atoms with Gasteiger partial charge >= 0.3 is 0 Å². The van der Waals surface area contributed by atoms with E-state index in [1.807, 2.05) is 0 Å². The van der Waals surface area contributed by atoms with E-state index in [0.29, 0.717) is 5.69 Å². The van der Waals surface area contributed by atoms with E-state index < -0.39 is 32.9 Å². The van der Waals surface area contributed by atoms with E-state index in [1.54, 1.807) is 0 Å². The molecule has 0 aliphatic carbocycles. The van der Waals surface area contributed by atoms with E-state index in [-0.39, 0.29) is 12.2 Å². The molecule has 1 N–H and O–H groups in total. The Bertz CT molecular complexity index is 825. The van der Waals surface area contributed by atoms with E-state index in [1.165, 1.54) is 42.3 Å². The summed E-state index contributed by atoms with van der Waals surface area (Å²) >= 11 is 0. The number of carbonyl (C=O) groups is 1. The smallest absolute Gasteiger partial charge is 0.299 e. The zero-order valence-corrected chi connectivity index (χ0v) is 13.0. The van der Waals surface area contributed by atoms with Gasteiger partial charge in [0.05, 0.1) is 22.5 Å². The zero-order chi connectivity index (χ0) is 18.6. The van der Waals surface area contributed by atoms with Gasteiger partial charge in [0.25, 0.3) is 11.4 Å². The first-order valence-corrected chi connectivity index (χ1v) is 6.97. The summed E-state index contributed by atoms with van der Waals surface area (Å²) in [6, 6.07) is 8.28. The lowest BCUT2D eigenvalue weighted by Crippen LogP contribution is -2.30. The number of carbonyl (C=O) groups excluding carboxylic acids is 1. The van der Waals surface area contributed by atoms with Gasteiger partial charge in [-0.1, -0.05) is 0 Å². The highest BCUT2D eigenvalue weighted by Gasteiger charge is 2.22. The lowest BCUT2D eigenvalue weighted by atomic mass is 10.2. The fourth-order valence-electron chi connectivity index (χ4n) is 2.13. The van der Waals surface area contributed by atoms with Crippen LogP contribution >= 0.6 is 0 Å². The van der Waals surface area contributed by atoms with Crippen LogP contribution < -0.4 is 10.2 Å². The van der Waals surface area contributed by atoms with Crippen molar-refractivity contribution in [1.82, 2.24) is 0 Å². The monoisotopic (exact) mass is 348 g/mol. The molecule has 0 unspecified atom stereocenters. The Hall–Kier alpha value is -3.56. The Morgan fingerprint density at radius 2 is 1.76 bits per heavy atom. The van der Waals surface area contributed by atoms with Crippen LogP contribution in [0.15, 0.2) is 42.5 Å². The minimum atomic E-state index is -0.753. The molecule has 2 aromatic carbocycles. The predicted molar refractivity (Wildman–Crippen MR) is 88.1 cm³/mol. The van der Waals surface area contributed by atoms with E-state index in [2.05, 4.69) is 5.32 Å². The van der Waals surface area contributed by atoms with Crippen LogP contribution in [0.3, 0.4) is 0 Å². The maximum absolute atomic E-state index is 12.8. The molecule has 0 atom stereocenters. The van der Waals surface area contributed by atoms with Crippen molar-refractivity contribution in [3.63, 3.8) is 0 Å². The summed E-state index contributed by atoms with van der Waals surface area (Å²) in [5.41, 5.74) is -0.464. The number of amides is 1. The molecule has 0 aromatic heterocycles. The summed E-state index contributed by atoms with van der Waals surface area (Å²) in [6.07, 6.45) is 0. The van der Waals surface area contributed by atoms with Gasteiger partial charge in [0.1, 0.15) is 11.5 Å². The fraction of sp³-hybridized carbons (Fsp3) is 0.133. The van der Waals surface area contributed by atoms with Crippen LogP contribution in [0.2, 0.25) is 0 Å². The number of nitrogens with one attached hydrogen (secondary N) is 1. The second-order valence-electron chi connectivity index (χ2n) is 5.10. The average Bonchev–Trinajstić information content (AvgIpc) is 2.56. The van der Waals surface area contributed by atoms with Crippen LogP contribution in [0.25, 0.3) is 0 Å². The number of nitrogens with zero attached hydrogens (tertiary/aromatic N) is 3. The SMILES string of the molecule is CN(CC(=O)Nc1ccc(F)cc1)c1ccc([N+](=O)[O-])cc1[N+](=O)[O-]. The fourth-order valence-corrected chi connectivity index (χ4v) is 2.13. The second kappa shape index (κ2) is 7.34. The minimum Gasteiger partial charge on any atom is -0.360 e. The molecule has 0 saturated heterocycles. The highest BCUT2D eigenvalue weighted by atomic mass is 19.1. The standard InChI is InChI=1S/C15H13FN4O5/c1-18(9-15(21)17-11-4-2-10(16)3-5-11)13-7-6-12(19(22)23)8-14(13)20(24)25/h2-8H,9H2,1H3,(H,17,21). The molecule has 25 heavy (non-hydrogen) atoms. The minimum absolute atomic E-state index is 0.0601. The summed E-state index contributed by atoms with van der Waals surface area (Å²) in [6.45, 7) is -0.240. The number of likely N-dealkylation sites (N-methyl/N-ethyl adjacent to an activating group) is 1. The number of halogens is 1. The van der Waals surface area contributed by atoms with Crippen molar-refractivity contribution in [3.05, 3.63) is 68.5 Å². The highest BCUT2D eigenvalue weighted by molar-refractivity contribution is 5.94.